The fraction of sp³-hybridized carbons (Fsp3) is 0.455. The van der Waals surface area contributed by atoms with Crippen molar-refractivity contribution in [3.8, 4) is 5.75 Å². The minimum Gasteiger partial charge on any atom is -0.496 e. The second-order valence-electron chi connectivity index (χ2n) is 3.38. The number of nitrogens with two attached hydrogens (primary N) is 1. The van der Waals surface area contributed by atoms with E-state index < -0.39 is 12.2 Å². The summed E-state index contributed by atoms with van der Waals surface area (Å²) in [6, 6.07) is 7.18. The summed E-state index contributed by atoms with van der Waals surface area (Å²) >= 11 is 0. The molecule has 0 saturated carbocycles. The number of benzene rings is 1. The van der Waals surface area contributed by atoms with Crippen molar-refractivity contribution in [2.45, 2.75) is 18.6 Å². The van der Waals surface area contributed by atoms with Crippen LogP contribution in [-0.4, -0.2) is 30.0 Å². The van der Waals surface area contributed by atoms with Gasteiger partial charge >= 0.3 is 0 Å². The first-order valence-corrected chi connectivity index (χ1v) is 4.88. The van der Waals surface area contributed by atoms with Crippen LogP contribution in [-0.2, 0) is 0 Å². The molecule has 0 aliphatic rings. The molecule has 0 saturated heterocycles. The standard InChI is InChI=1S/C11H17NO3/c1-15-11-5-3-2-4-9(11)10(14)6-8(13)7-12/h2-5,8,10,13-14H,6-7,12H2,1H3. The number of aliphatic hydroxyl groups is 2. The second kappa shape index (κ2) is 5.70. The molecule has 4 heteroatoms. The Labute approximate surface area is 89.3 Å². The van der Waals surface area contributed by atoms with Gasteiger partial charge in [-0.3, -0.25) is 0 Å². The van der Waals surface area contributed by atoms with Crippen molar-refractivity contribution >= 4 is 0 Å². The molecule has 0 aliphatic carbocycles. The minimum atomic E-state index is -0.750. The van der Waals surface area contributed by atoms with Crippen LogP contribution in [0.1, 0.15) is 18.1 Å². The Morgan fingerprint density at radius 1 is 1.33 bits per heavy atom. The molecule has 0 aliphatic heterocycles. The van der Waals surface area contributed by atoms with Crippen LogP contribution in [0.5, 0.6) is 5.75 Å². The van der Waals surface area contributed by atoms with Crippen molar-refractivity contribution in [2.75, 3.05) is 13.7 Å². The number of aliphatic hydroxyl groups excluding tert-OH is 2. The highest BCUT2D eigenvalue weighted by Crippen LogP contribution is 2.27. The molecule has 15 heavy (non-hydrogen) atoms. The van der Waals surface area contributed by atoms with E-state index in [9.17, 15) is 10.2 Å². The summed E-state index contributed by atoms with van der Waals surface area (Å²) in [5.74, 6) is 0.620. The van der Waals surface area contributed by atoms with E-state index in [0.717, 1.165) is 0 Å². The van der Waals surface area contributed by atoms with Gasteiger partial charge in [-0.05, 0) is 6.07 Å². The van der Waals surface area contributed by atoms with E-state index in [1.807, 2.05) is 12.1 Å². The lowest BCUT2D eigenvalue weighted by atomic mass is 10.0. The molecule has 0 radical (unpaired) electrons. The highest BCUT2D eigenvalue weighted by molar-refractivity contribution is 5.34. The van der Waals surface area contributed by atoms with E-state index >= 15 is 0 Å². The molecule has 0 aromatic heterocycles. The maximum Gasteiger partial charge on any atom is 0.124 e. The van der Waals surface area contributed by atoms with Crippen LogP contribution in [0.4, 0.5) is 0 Å². The number of para-hydroxylation sites is 1. The molecule has 2 unspecified atom stereocenters. The summed E-state index contributed by atoms with van der Waals surface area (Å²) in [4.78, 5) is 0. The van der Waals surface area contributed by atoms with Crippen molar-refractivity contribution in [3.63, 3.8) is 0 Å². The van der Waals surface area contributed by atoms with Crippen LogP contribution >= 0.6 is 0 Å². The van der Waals surface area contributed by atoms with E-state index in [-0.39, 0.29) is 13.0 Å². The van der Waals surface area contributed by atoms with Crippen molar-refractivity contribution in [3.05, 3.63) is 29.8 Å². The Kier molecular flexibility index (Phi) is 4.55. The summed E-state index contributed by atoms with van der Waals surface area (Å²) in [7, 11) is 1.55. The van der Waals surface area contributed by atoms with E-state index in [2.05, 4.69) is 0 Å². The molecule has 1 aromatic rings. The fourth-order valence-corrected chi connectivity index (χ4v) is 1.42. The molecule has 84 valence electrons. The van der Waals surface area contributed by atoms with Crippen LogP contribution < -0.4 is 10.5 Å². The molecule has 4 N–H and O–H groups in total. The molecular formula is C11H17NO3. The fourth-order valence-electron chi connectivity index (χ4n) is 1.42. The molecule has 0 amide bonds. The average molecular weight is 211 g/mol. The molecule has 1 aromatic carbocycles. The van der Waals surface area contributed by atoms with Crippen molar-refractivity contribution in [1.29, 1.82) is 0 Å². The Hall–Kier alpha value is -1.10. The van der Waals surface area contributed by atoms with Crippen molar-refractivity contribution < 1.29 is 14.9 Å². The van der Waals surface area contributed by atoms with Crippen LogP contribution in [0.2, 0.25) is 0 Å². The Morgan fingerprint density at radius 3 is 2.60 bits per heavy atom. The average Bonchev–Trinajstić information content (AvgIpc) is 2.28. The number of ether oxygens (including phenoxy) is 1. The monoisotopic (exact) mass is 211 g/mol. The molecule has 0 bridgehead atoms. The van der Waals surface area contributed by atoms with Crippen LogP contribution in [0, 0.1) is 0 Å². The van der Waals surface area contributed by atoms with Gasteiger partial charge in [0.1, 0.15) is 5.75 Å². The Bertz CT molecular complexity index is 304. The zero-order chi connectivity index (χ0) is 11.3. The molecule has 1 rings (SSSR count). The maximum atomic E-state index is 9.84. The molecular weight excluding hydrogens is 194 g/mol. The normalized spacial score (nSPS) is 14.7. The summed E-state index contributed by atoms with van der Waals surface area (Å²) in [6.45, 7) is 0.145. The van der Waals surface area contributed by atoms with E-state index in [1.165, 1.54) is 0 Å². The van der Waals surface area contributed by atoms with E-state index in [1.54, 1.807) is 19.2 Å². The smallest absolute Gasteiger partial charge is 0.124 e. The predicted molar refractivity (Wildman–Crippen MR) is 57.6 cm³/mol. The zero-order valence-corrected chi connectivity index (χ0v) is 8.76. The lowest BCUT2D eigenvalue weighted by molar-refractivity contribution is 0.0836. The molecule has 4 nitrogen and oxygen atoms in total. The third-order valence-corrected chi connectivity index (χ3v) is 2.27. The number of hydrogen-bond donors (Lipinski definition) is 3. The Balaban J connectivity index is 2.76. The molecule has 0 heterocycles. The minimum absolute atomic E-state index is 0.145. The maximum absolute atomic E-state index is 9.84. The lowest BCUT2D eigenvalue weighted by Gasteiger charge is -2.16. The van der Waals surface area contributed by atoms with E-state index in [4.69, 9.17) is 10.5 Å². The highest BCUT2D eigenvalue weighted by Gasteiger charge is 2.15. The van der Waals surface area contributed by atoms with Crippen LogP contribution in [0.25, 0.3) is 0 Å². The third kappa shape index (κ3) is 3.20. The van der Waals surface area contributed by atoms with Gasteiger partial charge in [0.2, 0.25) is 0 Å². The van der Waals surface area contributed by atoms with Gasteiger partial charge in [-0.25, -0.2) is 0 Å². The van der Waals surface area contributed by atoms with Gasteiger partial charge in [0.15, 0.2) is 0 Å². The summed E-state index contributed by atoms with van der Waals surface area (Å²) in [6.07, 6.45) is -1.22. The van der Waals surface area contributed by atoms with E-state index in [0.29, 0.717) is 11.3 Å². The van der Waals surface area contributed by atoms with Gasteiger partial charge in [0.25, 0.3) is 0 Å². The largest absolute Gasteiger partial charge is 0.496 e. The van der Waals surface area contributed by atoms with Crippen LogP contribution in [0.3, 0.4) is 0 Å². The van der Waals surface area contributed by atoms with Crippen LogP contribution in [0.15, 0.2) is 24.3 Å². The lowest BCUT2D eigenvalue weighted by Crippen LogP contribution is -2.22. The van der Waals surface area contributed by atoms with Gasteiger partial charge in [0.05, 0.1) is 19.3 Å². The zero-order valence-electron chi connectivity index (χ0n) is 8.76. The summed E-state index contributed by atoms with van der Waals surface area (Å²) in [5.41, 5.74) is 5.95. The SMILES string of the molecule is COc1ccccc1C(O)CC(O)CN. The topological polar surface area (TPSA) is 75.7 Å². The first-order valence-electron chi connectivity index (χ1n) is 4.88. The molecule has 0 fully saturated rings. The molecule has 0 spiro atoms. The quantitative estimate of drug-likeness (QED) is 0.660. The van der Waals surface area contributed by atoms with Gasteiger partial charge in [-0.1, -0.05) is 18.2 Å². The van der Waals surface area contributed by atoms with Gasteiger partial charge in [-0.15, -0.1) is 0 Å². The number of methoxy groups -OCH3 is 1. The first-order chi connectivity index (χ1) is 7.19. The second-order valence-corrected chi connectivity index (χ2v) is 3.38. The van der Waals surface area contributed by atoms with Gasteiger partial charge in [-0.2, -0.15) is 0 Å². The highest BCUT2D eigenvalue weighted by atomic mass is 16.5. The first kappa shape index (κ1) is 12.0. The predicted octanol–water partition coefficient (Wildman–Crippen LogP) is 0.438. The van der Waals surface area contributed by atoms with Crippen molar-refractivity contribution in [2.24, 2.45) is 5.73 Å². The number of hydrogen-bond acceptors (Lipinski definition) is 4. The summed E-state index contributed by atoms with van der Waals surface area (Å²) < 4.78 is 5.11. The molecule has 2 atom stereocenters. The summed E-state index contributed by atoms with van der Waals surface area (Å²) in [5, 5.41) is 19.2. The Morgan fingerprint density at radius 2 is 2.00 bits per heavy atom. The third-order valence-electron chi connectivity index (χ3n) is 2.27. The van der Waals surface area contributed by atoms with Gasteiger partial charge < -0.3 is 20.7 Å². The van der Waals surface area contributed by atoms with Gasteiger partial charge in [0, 0.05) is 18.5 Å². The van der Waals surface area contributed by atoms with Crippen molar-refractivity contribution in [1.82, 2.24) is 0 Å². The number of rotatable bonds is 5.